The molecule has 1 N–H and O–H groups in total. The standard InChI is InChI=1S/C17H22BNO4S2/c1-17(2,3)11-6-7-14(12(10-11)18-4)25(21,22)19-13-8-9-24-15(13)16(20)23-5/h6-10,18-19H,1-5H3. The highest BCUT2D eigenvalue weighted by molar-refractivity contribution is 7.93. The van der Waals surface area contributed by atoms with Gasteiger partial charge < -0.3 is 4.74 Å². The Kier molecular flexibility index (Phi) is 5.63. The minimum absolute atomic E-state index is 0.0644. The maximum absolute atomic E-state index is 12.8. The first-order chi connectivity index (χ1) is 11.6. The van der Waals surface area contributed by atoms with E-state index < -0.39 is 16.0 Å². The van der Waals surface area contributed by atoms with Crippen LogP contribution >= 0.6 is 11.3 Å². The average molecular weight is 379 g/mol. The zero-order chi connectivity index (χ0) is 18.8. The van der Waals surface area contributed by atoms with Gasteiger partial charge in [-0.05, 0) is 28.5 Å². The number of anilines is 1. The van der Waals surface area contributed by atoms with Gasteiger partial charge in [-0.25, -0.2) is 13.2 Å². The van der Waals surface area contributed by atoms with Gasteiger partial charge in [0.2, 0.25) is 0 Å². The topological polar surface area (TPSA) is 72.5 Å². The molecular formula is C17H22BNO4S2. The predicted molar refractivity (Wildman–Crippen MR) is 104 cm³/mol. The van der Waals surface area contributed by atoms with Gasteiger partial charge in [-0.1, -0.05) is 45.2 Å². The second-order valence-electron chi connectivity index (χ2n) is 6.69. The Morgan fingerprint density at radius 3 is 2.48 bits per heavy atom. The van der Waals surface area contributed by atoms with E-state index in [1.165, 1.54) is 7.11 Å². The number of carbonyl (C=O) groups excluding carboxylic acids is 1. The van der Waals surface area contributed by atoms with Crippen molar-refractivity contribution in [3.05, 3.63) is 40.1 Å². The summed E-state index contributed by atoms with van der Waals surface area (Å²) >= 11 is 1.13. The van der Waals surface area contributed by atoms with Gasteiger partial charge in [0.25, 0.3) is 10.0 Å². The minimum atomic E-state index is -3.80. The van der Waals surface area contributed by atoms with Gasteiger partial charge >= 0.3 is 5.97 Å². The zero-order valence-corrected chi connectivity index (χ0v) is 16.7. The quantitative estimate of drug-likeness (QED) is 0.641. The average Bonchev–Trinajstić information content (AvgIpc) is 2.99. The molecule has 2 aromatic rings. The fourth-order valence-corrected chi connectivity index (χ4v) is 4.62. The van der Waals surface area contributed by atoms with Crippen LogP contribution in [0.15, 0.2) is 34.5 Å². The lowest BCUT2D eigenvalue weighted by atomic mass is 9.71. The second kappa shape index (κ2) is 7.21. The van der Waals surface area contributed by atoms with Crippen LogP contribution in [0, 0.1) is 0 Å². The fourth-order valence-electron chi connectivity index (χ4n) is 2.42. The van der Waals surface area contributed by atoms with Gasteiger partial charge in [0.05, 0.1) is 17.7 Å². The molecule has 0 bridgehead atoms. The number of hydrogen-bond donors (Lipinski definition) is 1. The number of ether oxygens (including phenoxy) is 1. The molecular weight excluding hydrogens is 357 g/mol. The van der Waals surface area contributed by atoms with Gasteiger partial charge in [0.15, 0.2) is 7.28 Å². The molecule has 1 aromatic carbocycles. The summed E-state index contributed by atoms with van der Waals surface area (Å²) in [6, 6.07) is 6.96. The van der Waals surface area contributed by atoms with Gasteiger partial charge in [0, 0.05) is 0 Å². The number of thiophene rings is 1. The molecule has 134 valence electrons. The van der Waals surface area contributed by atoms with E-state index in [-0.39, 0.29) is 20.9 Å². The van der Waals surface area contributed by atoms with Crippen molar-refractivity contribution in [1.29, 1.82) is 0 Å². The molecule has 0 atom stereocenters. The highest BCUT2D eigenvalue weighted by Crippen LogP contribution is 2.27. The van der Waals surface area contributed by atoms with E-state index in [0.29, 0.717) is 7.28 Å². The maximum atomic E-state index is 12.8. The number of carbonyl (C=O) groups is 1. The molecule has 0 radical (unpaired) electrons. The van der Waals surface area contributed by atoms with Crippen LogP contribution in [0.3, 0.4) is 0 Å². The number of rotatable bonds is 5. The summed E-state index contributed by atoms with van der Waals surface area (Å²) in [6.07, 6.45) is 0. The Morgan fingerprint density at radius 2 is 1.92 bits per heavy atom. The molecule has 0 unspecified atom stereocenters. The van der Waals surface area contributed by atoms with Crippen LogP contribution in [0.25, 0.3) is 0 Å². The monoisotopic (exact) mass is 379 g/mol. The smallest absolute Gasteiger partial charge is 0.350 e. The van der Waals surface area contributed by atoms with Crippen molar-refractivity contribution in [3.8, 4) is 0 Å². The molecule has 1 heterocycles. The SMILES string of the molecule is CBc1cc(C(C)(C)C)ccc1S(=O)(=O)Nc1ccsc1C(=O)OC. The summed E-state index contributed by atoms with van der Waals surface area (Å²) in [4.78, 5) is 12.2. The first-order valence-electron chi connectivity index (χ1n) is 7.92. The van der Waals surface area contributed by atoms with Crippen LogP contribution in [-0.4, -0.2) is 28.8 Å². The molecule has 25 heavy (non-hydrogen) atoms. The maximum Gasteiger partial charge on any atom is 0.350 e. The van der Waals surface area contributed by atoms with Crippen molar-refractivity contribution < 1.29 is 17.9 Å². The molecule has 0 aliphatic carbocycles. The summed E-state index contributed by atoms with van der Waals surface area (Å²) in [5.74, 6) is -0.563. The summed E-state index contributed by atoms with van der Waals surface area (Å²) in [6.45, 7) is 8.18. The van der Waals surface area contributed by atoms with Crippen LogP contribution in [0.4, 0.5) is 5.69 Å². The summed E-state index contributed by atoms with van der Waals surface area (Å²) in [7, 11) is -1.95. The fraction of sp³-hybridized carbons (Fsp3) is 0.353. The zero-order valence-electron chi connectivity index (χ0n) is 15.0. The molecule has 0 aliphatic heterocycles. The Morgan fingerprint density at radius 1 is 1.24 bits per heavy atom. The molecule has 5 nitrogen and oxygen atoms in total. The summed E-state index contributed by atoms with van der Waals surface area (Å²) in [5, 5.41) is 1.65. The molecule has 0 fully saturated rings. The largest absolute Gasteiger partial charge is 0.465 e. The third-order valence-corrected chi connectivity index (χ3v) is 6.24. The summed E-state index contributed by atoms with van der Waals surface area (Å²) < 4.78 is 32.9. The molecule has 0 amide bonds. The van der Waals surface area contributed by atoms with Crippen molar-refractivity contribution in [2.24, 2.45) is 0 Å². The Balaban J connectivity index is 2.44. The molecule has 0 spiro atoms. The van der Waals surface area contributed by atoms with Gasteiger partial charge in [-0.15, -0.1) is 11.3 Å². The van der Waals surface area contributed by atoms with Crippen molar-refractivity contribution in [3.63, 3.8) is 0 Å². The van der Waals surface area contributed by atoms with E-state index in [9.17, 15) is 13.2 Å². The molecule has 1 aromatic heterocycles. The van der Waals surface area contributed by atoms with E-state index in [2.05, 4.69) is 25.5 Å². The highest BCUT2D eigenvalue weighted by atomic mass is 32.2. The van der Waals surface area contributed by atoms with Crippen molar-refractivity contribution >= 4 is 45.8 Å². The normalized spacial score (nSPS) is 11.9. The molecule has 0 saturated carbocycles. The van der Waals surface area contributed by atoms with Crippen LogP contribution in [0.2, 0.25) is 6.82 Å². The third kappa shape index (κ3) is 4.25. The van der Waals surface area contributed by atoms with Crippen LogP contribution < -0.4 is 10.2 Å². The highest BCUT2D eigenvalue weighted by Gasteiger charge is 2.24. The van der Waals surface area contributed by atoms with Crippen LogP contribution in [-0.2, 0) is 20.2 Å². The predicted octanol–water partition coefficient (Wildman–Crippen LogP) is 2.74. The van der Waals surface area contributed by atoms with Gasteiger partial charge in [0.1, 0.15) is 4.88 Å². The van der Waals surface area contributed by atoms with E-state index in [1.807, 2.05) is 19.0 Å². The van der Waals surface area contributed by atoms with Crippen molar-refractivity contribution in [2.75, 3.05) is 11.8 Å². The van der Waals surface area contributed by atoms with Gasteiger partial charge in [-0.2, -0.15) is 0 Å². The Hall–Kier alpha value is -1.80. The lowest BCUT2D eigenvalue weighted by Crippen LogP contribution is -2.27. The third-order valence-electron chi connectivity index (χ3n) is 3.88. The number of sulfonamides is 1. The Labute approximate surface area is 153 Å². The van der Waals surface area contributed by atoms with Crippen LogP contribution in [0.1, 0.15) is 36.0 Å². The van der Waals surface area contributed by atoms with E-state index >= 15 is 0 Å². The van der Waals surface area contributed by atoms with E-state index in [4.69, 9.17) is 4.74 Å². The number of esters is 1. The van der Waals surface area contributed by atoms with Crippen molar-refractivity contribution in [2.45, 2.75) is 37.9 Å². The van der Waals surface area contributed by atoms with Gasteiger partial charge in [-0.3, -0.25) is 4.72 Å². The number of nitrogens with one attached hydrogen (secondary N) is 1. The van der Waals surface area contributed by atoms with E-state index in [1.54, 1.807) is 17.5 Å². The molecule has 0 saturated heterocycles. The molecule has 2 rings (SSSR count). The number of hydrogen-bond acceptors (Lipinski definition) is 5. The number of methoxy groups -OCH3 is 1. The first-order valence-corrected chi connectivity index (χ1v) is 10.3. The lowest BCUT2D eigenvalue weighted by molar-refractivity contribution is 0.0607. The van der Waals surface area contributed by atoms with Crippen LogP contribution in [0.5, 0.6) is 0 Å². The molecule has 8 heteroatoms. The first kappa shape index (κ1) is 19.5. The molecule has 0 aliphatic rings. The van der Waals surface area contributed by atoms with E-state index in [0.717, 1.165) is 22.4 Å². The minimum Gasteiger partial charge on any atom is -0.465 e. The lowest BCUT2D eigenvalue weighted by Gasteiger charge is -2.21. The Bertz CT molecular complexity index is 882. The van der Waals surface area contributed by atoms with Crippen molar-refractivity contribution in [1.82, 2.24) is 0 Å². The second-order valence-corrected chi connectivity index (χ2v) is 9.25. The summed E-state index contributed by atoms with van der Waals surface area (Å²) in [5.41, 5.74) is 1.99. The number of benzene rings is 1.